The van der Waals surface area contributed by atoms with Crippen molar-refractivity contribution >= 4 is 23.3 Å². The Bertz CT molecular complexity index is 712. The Morgan fingerprint density at radius 1 is 1.18 bits per heavy atom. The Hall–Kier alpha value is -2.29. The summed E-state index contributed by atoms with van der Waals surface area (Å²) >= 11 is 0. The van der Waals surface area contributed by atoms with Crippen LogP contribution in [0.3, 0.4) is 0 Å². The second-order valence-corrected chi connectivity index (χ2v) is 6.93. The van der Waals surface area contributed by atoms with Gasteiger partial charge in [0, 0.05) is 19.7 Å². The van der Waals surface area contributed by atoms with E-state index in [1.54, 1.807) is 0 Å². The molecular weight excluding hydrogens is 377 g/mol. The van der Waals surface area contributed by atoms with Crippen molar-refractivity contribution in [3.05, 3.63) is 23.8 Å². The minimum Gasteiger partial charge on any atom is -0.454 e. The highest BCUT2D eigenvalue weighted by Crippen LogP contribution is 2.36. The van der Waals surface area contributed by atoms with Gasteiger partial charge in [0.1, 0.15) is 0 Å². The van der Waals surface area contributed by atoms with Crippen molar-refractivity contribution in [1.29, 1.82) is 0 Å². The minimum atomic E-state index is -4.52. The van der Waals surface area contributed by atoms with E-state index in [9.17, 15) is 22.8 Å². The number of amides is 1. The number of esters is 1. The largest absolute Gasteiger partial charge is 0.454 e. The third-order valence-electron chi connectivity index (χ3n) is 4.83. The molecule has 1 aromatic carbocycles. The average molecular weight is 400 g/mol. The summed E-state index contributed by atoms with van der Waals surface area (Å²) in [7, 11) is 0. The van der Waals surface area contributed by atoms with Crippen LogP contribution in [0.15, 0.2) is 18.2 Å². The summed E-state index contributed by atoms with van der Waals surface area (Å²) < 4.78 is 49.4. The number of hydrogen-bond donors (Lipinski definition) is 1. The number of alkyl halides is 3. The van der Waals surface area contributed by atoms with Gasteiger partial charge in [0.2, 0.25) is 0 Å². The summed E-state index contributed by atoms with van der Waals surface area (Å²) in [4.78, 5) is 26.0. The molecule has 9 heteroatoms. The van der Waals surface area contributed by atoms with Gasteiger partial charge in [0.25, 0.3) is 5.91 Å². The van der Waals surface area contributed by atoms with Gasteiger partial charge in [0.05, 0.1) is 16.9 Å². The molecule has 0 spiro atoms. The normalized spacial score (nSPS) is 20.1. The second-order valence-electron chi connectivity index (χ2n) is 6.93. The van der Waals surface area contributed by atoms with Gasteiger partial charge < -0.3 is 19.7 Å². The van der Waals surface area contributed by atoms with Crippen LogP contribution < -0.4 is 10.2 Å². The first-order chi connectivity index (χ1) is 13.3. The molecule has 0 aromatic heterocycles. The fourth-order valence-corrected chi connectivity index (χ4v) is 3.40. The number of nitrogens with zero attached hydrogens (tertiary/aromatic N) is 1. The molecule has 0 radical (unpaired) electrons. The fraction of sp³-hybridized carbons (Fsp3) is 0.579. The van der Waals surface area contributed by atoms with Crippen LogP contribution in [0.4, 0.5) is 24.5 Å². The van der Waals surface area contributed by atoms with Crippen molar-refractivity contribution in [3.8, 4) is 0 Å². The molecular formula is C19H23F3N2O4. The molecule has 3 rings (SSSR count). The molecule has 2 heterocycles. The van der Waals surface area contributed by atoms with Crippen LogP contribution in [-0.4, -0.2) is 44.3 Å². The molecule has 2 aliphatic rings. The molecule has 2 saturated heterocycles. The van der Waals surface area contributed by atoms with E-state index in [0.717, 1.165) is 37.8 Å². The first kappa shape index (κ1) is 20.4. The van der Waals surface area contributed by atoms with E-state index in [0.29, 0.717) is 31.8 Å². The van der Waals surface area contributed by atoms with Crippen LogP contribution in [0, 0.1) is 0 Å². The summed E-state index contributed by atoms with van der Waals surface area (Å²) in [6, 6.07) is 3.31. The van der Waals surface area contributed by atoms with Crippen molar-refractivity contribution < 1.29 is 32.2 Å². The van der Waals surface area contributed by atoms with Gasteiger partial charge in [-0.05, 0) is 50.3 Å². The quantitative estimate of drug-likeness (QED) is 0.768. The van der Waals surface area contributed by atoms with Gasteiger partial charge >= 0.3 is 12.1 Å². The van der Waals surface area contributed by atoms with E-state index in [-0.39, 0.29) is 5.69 Å². The Morgan fingerprint density at radius 2 is 1.93 bits per heavy atom. The minimum absolute atomic E-state index is 0.0647. The molecule has 0 bridgehead atoms. The molecule has 0 aliphatic carbocycles. The highest BCUT2D eigenvalue weighted by Gasteiger charge is 2.32. The smallest absolute Gasteiger partial charge is 0.416 e. The van der Waals surface area contributed by atoms with Gasteiger partial charge in [0.15, 0.2) is 12.7 Å². The van der Waals surface area contributed by atoms with Crippen LogP contribution in [0.2, 0.25) is 0 Å². The summed E-state index contributed by atoms with van der Waals surface area (Å²) in [5, 5.41) is 2.47. The van der Waals surface area contributed by atoms with Crippen LogP contribution in [0.25, 0.3) is 0 Å². The molecule has 0 saturated carbocycles. The second kappa shape index (κ2) is 8.81. The Kier molecular flexibility index (Phi) is 6.43. The monoisotopic (exact) mass is 400 g/mol. The number of anilines is 2. The lowest BCUT2D eigenvalue weighted by Gasteiger charge is -2.31. The molecule has 2 fully saturated rings. The van der Waals surface area contributed by atoms with Crippen molar-refractivity contribution in [2.45, 2.75) is 44.4 Å². The van der Waals surface area contributed by atoms with Gasteiger partial charge in [-0.1, -0.05) is 0 Å². The van der Waals surface area contributed by atoms with Crippen LogP contribution in [-0.2, 0) is 25.2 Å². The average Bonchev–Trinajstić information content (AvgIpc) is 3.21. The lowest BCUT2D eigenvalue weighted by molar-refractivity contribution is -0.156. The number of carbonyl (C=O) groups is 2. The predicted molar refractivity (Wildman–Crippen MR) is 96.1 cm³/mol. The maximum absolute atomic E-state index is 13.1. The molecule has 1 N–H and O–H groups in total. The number of carbonyl (C=O) groups excluding carboxylic acids is 2. The zero-order valence-electron chi connectivity index (χ0n) is 15.4. The molecule has 28 heavy (non-hydrogen) atoms. The zero-order valence-corrected chi connectivity index (χ0v) is 15.4. The Balaban J connectivity index is 1.70. The number of nitrogens with one attached hydrogen (secondary N) is 1. The lowest BCUT2D eigenvalue weighted by atomic mass is 10.1. The van der Waals surface area contributed by atoms with Crippen LogP contribution in [0.5, 0.6) is 0 Å². The number of benzene rings is 1. The highest BCUT2D eigenvalue weighted by molar-refractivity contribution is 5.96. The first-order valence-electron chi connectivity index (χ1n) is 9.39. The van der Waals surface area contributed by atoms with Gasteiger partial charge in [-0.3, -0.25) is 4.79 Å². The van der Waals surface area contributed by atoms with E-state index in [1.807, 2.05) is 4.90 Å². The molecule has 2 aliphatic heterocycles. The Labute approximate surface area is 161 Å². The molecule has 0 unspecified atom stereocenters. The van der Waals surface area contributed by atoms with Crippen molar-refractivity contribution in [3.63, 3.8) is 0 Å². The Morgan fingerprint density at radius 3 is 2.57 bits per heavy atom. The van der Waals surface area contributed by atoms with E-state index < -0.39 is 36.3 Å². The van der Waals surface area contributed by atoms with Gasteiger partial charge in [-0.25, -0.2) is 4.79 Å². The predicted octanol–water partition coefficient (Wildman–Crippen LogP) is 3.36. The van der Waals surface area contributed by atoms with Gasteiger partial charge in [-0.2, -0.15) is 13.2 Å². The molecule has 1 amide bonds. The maximum atomic E-state index is 13.1. The molecule has 1 aromatic rings. The summed E-state index contributed by atoms with van der Waals surface area (Å²) in [6.45, 7) is 1.31. The standard InChI is InChI=1S/C19H23F3N2O4/c20-19(21,22)13-6-7-15(24-8-2-1-3-9-24)14(11-13)23-17(25)12-28-18(26)16-5-4-10-27-16/h6-7,11,16H,1-5,8-10,12H2,(H,23,25)/t16-/m0/s1. The fourth-order valence-electron chi connectivity index (χ4n) is 3.40. The lowest BCUT2D eigenvalue weighted by Crippen LogP contribution is -2.31. The number of rotatable bonds is 5. The van der Waals surface area contributed by atoms with E-state index >= 15 is 0 Å². The van der Waals surface area contributed by atoms with Crippen LogP contribution in [0.1, 0.15) is 37.7 Å². The number of hydrogen-bond acceptors (Lipinski definition) is 5. The summed E-state index contributed by atoms with van der Waals surface area (Å²) in [5.41, 5.74) is -0.249. The third kappa shape index (κ3) is 5.15. The van der Waals surface area contributed by atoms with E-state index in [1.165, 1.54) is 6.07 Å². The number of piperidine rings is 1. The molecule has 154 valence electrons. The third-order valence-corrected chi connectivity index (χ3v) is 4.83. The zero-order chi connectivity index (χ0) is 20.1. The topological polar surface area (TPSA) is 67.9 Å². The number of halogens is 3. The van der Waals surface area contributed by atoms with E-state index in [4.69, 9.17) is 9.47 Å². The SMILES string of the molecule is O=C(COC(=O)[C@@H]1CCCO1)Nc1cc(C(F)(F)F)ccc1N1CCCCC1. The summed E-state index contributed by atoms with van der Waals surface area (Å²) in [6.07, 6.45) is -0.974. The highest BCUT2D eigenvalue weighted by atomic mass is 19.4. The van der Waals surface area contributed by atoms with E-state index in [2.05, 4.69) is 5.32 Å². The van der Waals surface area contributed by atoms with Crippen molar-refractivity contribution in [1.82, 2.24) is 0 Å². The summed E-state index contributed by atoms with van der Waals surface area (Å²) in [5.74, 6) is -1.32. The molecule has 1 atom stereocenters. The maximum Gasteiger partial charge on any atom is 0.416 e. The van der Waals surface area contributed by atoms with Crippen molar-refractivity contribution in [2.24, 2.45) is 0 Å². The first-order valence-corrected chi connectivity index (χ1v) is 9.39. The number of ether oxygens (including phenoxy) is 2. The van der Waals surface area contributed by atoms with Crippen molar-refractivity contribution in [2.75, 3.05) is 36.5 Å². The van der Waals surface area contributed by atoms with Gasteiger partial charge in [-0.15, -0.1) is 0 Å². The van der Waals surface area contributed by atoms with Crippen LogP contribution >= 0.6 is 0 Å². The molecule has 6 nitrogen and oxygen atoms in total.